The Hall–Kier alpha value is -3.16. The molecule has 1 aromatic carbocycles. The fourth-order valence-electron chi connectivity index (χ4n) is 4.30. The molecule has 0 unspecified atom stereocenters. The lowest BCUT2D eigenvalue weighted by Gasteiger charge is -2.20. The van der Waals surface area contributed by atoms with Gasteiger partial charge in [-0.1, -0.05) is 0 Å². The van der Waals surface area contributed by atoms with Crippen molar-refractivity contribution in [1.82, 2.24) is 24.3 Å². The van der Waals surface area contributed by atoms with Crippen LogP contribution in [0.3, 0.4) is 0 Å². The molecule has 2 aromatic heterocycles. The molecular formula is C24H27F3N6O. The normalized spacial score (nSPS) is 16.9. The Labute approximate surface area is 196 Å². The van der Waals surface area contributed by atoms with E-state index >= 15 is 0 Å². The average Bonchev–Trinajstić information content (AvgIpc) is 3.43. The molecule has 3 heterocycles. The van der Waals surface area contributed by atoms with Crippen LogP contribution in [0, 0.1) is 11.3 Å². The van der Waals surface area contributed by atoms with Crippen LogP contribution in [0.25, 0.3) is 22.3 Å². The quantitative estimate of drug-likeness (QED) is 0.486. The van der Waals surface area contributed by atoms with E-state index in [9.17, 15) is 18.4 Å². The van der Waals surface area contributed by atoms with Crippen LogP contribution in [0.15, 0.2) is 30.6 Å². The minimum atomic E-state index is -4.59. The lowest BCUT2D eigenvalue weighted by Crippen LogP contribution is -2.32. The largest absolute Gasteiger partial charge is 0.493 e. The van der Waals surface area contributed by atoms with Crippen molar-refractivity contribution >= 4 is 11.0 Å². The molecule has 1 aliphatic heterocycles. The van der Waals surface area contributed by atoms with Gasteiger partial charge in [0.25, 0.3) is 0 Å². The van der Waals surface area contributed by atoms with Gasteiger partial charge < -0.3 is 19.1 Å². The maximum Gasteiger partial charge on any atom is 0.419 e. The number of aromatic nitrogens is 3. The van der Waals surface area contributed by atoms with Crippen molar-refractivity contribution in [2.24, 2.45) is 7.05 Å². The lowest BCUT2D eigenvalue weighted by molar-refractivity contribution is -0.138. The zero-order valence-electron chi connectivity index (χ0n) is 19.4. The maximum absolute atomic E-state index is 13.9. The van der Waals surface area contributed by atoms with Gasteiger partial charge in [-0.3, -0.25) is 0 Å². The Bertz CT molecular complexity index is 1210. The SMILES string of the molecule is CN(C)[C@@H]1CCN(CCCOc2ccc(-c3cc4c(ncn4C)c(C#N)n3)cc2C(F)(F)F)C1. The Morgan fingerprint density at radius 3 is 2.74 bits per heavy atom. The monoisotopic (exact) mass is 472 g/mol. The van der Waals surface area contributed by atoms with E-state index in [1.165, 1.54) is 12.4 Å². The number of alkyl halides is 3. The molecule has 0 amide bonds. The molecule has 1 aliphatic rings. The zero-order chi connectivity index (χ0) is 24.5. The number of likely N-dealkylation sites (N-methyl/N-ethyl adjacent to an activating group) is 1. The summed E-state index contributed by atoms with van der Waals surface area (Å²) >= 11 is 0. The first kappa shape index (κ1) is 24.0. The summed E-state index contributed by atoms with van der Waals surface area (Å²) < 4.78 is 48.8. The number of nitrogens with zero attached hydrogens (tertiary/aromatic N) is 6. The number of likely N-dealkylation sites (tertiary alicyclic amines) is 1. The number of nitriles is 1. The third-order valence-corrected chi connectivity index (χ3v) is 6.25. The van der Waals surface area contributed by atoms with Gasteiger partial charge in [-0.15, -0.1) is 0 Å². The maximum atomic E-state index is 13.9. The van der Waals surface area contributed by atoms with Crippen LogP contribution < -0.4 is 4.74 Å². The van der Waals surface area contributed by atoms with E-state index in [2.05, 4.69) is 33.9 Å². The van der Waals surface area contributed by atoms with E-state index in [4.69, 9.17) is 4.74 Å². The molecule has 10 heteroatoms. The highest BCUT2D eigenvalue weighted by atomic mass is 19.4. The number of benzene rings is 1. The summed E-state index contributed by atoms with van der Waals surface area (Å²) in [6.45, 7) is 2.94. The van der Waals surface area contributed by atoms with Crippen LogP contribution >= 0.6 is 0 Å². The summed E-state index contributed by atoms with van der Waals surface area (Å²) in [6, 6.07) is 8.03. The highest BCUT2D eigenvalue weighted by Gasteiger charge is 2.35. The summed E-state index contributed by atoms with van der Waals surface area (Å²) in [5.41, 5.74) is 0.776. The number of ether oxygens (including phenoxy) is 1. The molecular weight excluding hydrogens is 445 g/mol. The molecule has 1 atom stereocenters. The van der Waals surface area contributed by atoms with Crippen LogP contribution in [0.1, 0.15) is 24.1 Å². The Balaban J connectivity index is 1.51. The number of fused-ring (bicyclic) bond motifs is 1. The zero-order valence-corrected chi connectivity index (χ0v) is 19.4. The summed E-state index contributed by atoms with van der Waals surface area (Å²) in [6.07, 6.45) is -1.31. The van der Waals surface area contributed by atoms with E-state index in [1.54, 1.807) is 23.7 Å². The molecule has 1 fully saturated rings. The molecule has 7 nitrogen and oxygen atoms in total. The number of aryl methyl sites for hydroxylation is 1. The topological polar surface area (TPSA) is 70.2 Å². The molecule has 0 saturated carbocycles. The minimum absolute atomic E-state index is 0.0698. The molecule has 1 saturated heterocycles. The highest BCUT2D eigenvalue weighted by Crippen LogP contribution is 2.39. The predicted molar refractivity (Wildman–Crippen MR) is 122 cm³/mol. The fraction of sp³-hybridized carbons (Fsp3) is 0.458. The molecule has 0 radical (unpaired) electrons. The molecule has 34 heavy (non-hydrogen) atoms. The molecule has 0 bridgehead atoms. The molecule has 0 aliphatic carbocycles. The van der Waals surface area contributed by atoms with Gasteiger partial charge in [-0.25, -0.2) is 9.97 Å². The fourth-order valence-corrected chi connectivity index (χ4v) is 4.30. The van der Waals surface area contributed by atoms with Crippen LogP contribution in [0.5, 0.6) is 5.75 Å². The van der Waals surface area contributed by atoms with Crippen LogP contribution in [0.4, 0.5) is 13.2 Å². The van der Waals surface area contributed by atoms with Gasteiger partial charge in [-0.05, 0) is 57.7 Å². The van der Waals surface area contributed by atoms with Gasteiger partial charge in [0, 0.05) is 31.7 Å². The van der Waals surface area contributed by atoms with E-state index in [1.807, 2.05) is 6.07 Å². The van der Waals surface area contributed by atoms with Crippen LogP contribution in [-0.2, 0) is 13.2 Å². The number of pyridine rings is 1. The van der Waals surface area contributed by atoms with Gasteiger partial charge in [-0.2, -0.15) is 18.4 Å². The van der Waals surface area contributed by atoms with Gasteiger partial charge in [0.1, 0.15) is 17.3 Å². The minimum Gasteiger partial charge on any atom is -0.493 e. The Kier molecular flexibility index (Phi) is 6.77. The smallest absolute Gasteiger partial charge is 0.419 e. The first-order chi connectivity index (χ1) is 16.2. The standard InChI is InChI=1S/C24H27F3N6O/c1-31(2)17-7-9-33(14-17)8-4-10-34-22-6-5-16(11-18(22)24(25,26)27)19-12-21-23(20(13-28)30-19)29-15-32(21)3/h5-6,11-12,15,17H,4,7-10,14H2,1-3H3/t17-/m1/s1. The number of halogens is 3. The van der Waals surface area contributed by atoms with Gasteiger partial charge in [0.15, 0.2) is 5.69 Å². The van der Waals surface area contributed by atoms with E-state index in [0.717, 1.165) is 32.1 Å². The third kappa shape index (κ3) is 5.00. The van der Waals surface area contributed by atoms with E-state index in [0.29, 0.717) is 23.5 Å². The number of imidazole rings is 1. The van der Waals surface area contributed by atoms with E-state index < -0.39 is 11.7 Å². The van der Waals surface area contributed by atoms with Crippen molar-refractivity contribution in [2.75, 3.05) is 40.3 Å². The average molecular weight is 473 g/mol. The van der Waals surface area contributed by atoms with Crippen molar-refractivity contribution in [2.45, 2.75) is 25.1 Å². The van der Waals surface area contributed by atoms with Crippen LogP contribution in [-0.4, -0.2) is 70.7 Å². The van der Waals surface area contributed by atoms with E-state index in [-0.39, 0.29) is 29.3 Å². The second-order valence-electron chi connectivity index (χ2n) is 8.81. The predicted octanol–water partition coefficient (Wildman–Crippen LogP) is 3.93. The van der Waals surface area contributed by atoms with Crippen molar-refractivity contribution in [3.8, 4) is 23.1 Å². The molecule has 0 N–H and O–H groups in total. The van der Waals surface area contributed by atoms with Crippen molar-refractivity contribution in [1.29, 1.82) is 5.26 Å². The number of rotatable bonds is 7. The van der Waals surface area contributed by atoms with Gasteiger partial charge >= 0.3 is 6.18 Å². The van der Waals surface area contributed by atoms with Crippen molar-refractivity contribution in [3.63, 3.8) is 0 Å². The molecule has 0 spiro atoms. The summed E-state index contributed by atoms with van der Waals surface area (Å²) in [4.78, 5) is 12.9. The molecule has 3 aromatic rings. The summed E-state index contributed by atoms with van der Waals surface area (Å²) in [5, 5.41) is 9.42. The lowest BCUT2D eigenvalue weighted by atomic mass is 10.1. The van der Waals surface area contributed by atoms with Crippen molar-refractivity contribution < 1.29 is 17.9 Å². The first-order valence-electron chi connectivity index (χ1n) is 11.1. The second kappa shape index (κ2) is 9.60. The van der Waals surface area contributed by atoms with Gasteiger partial charge in [0.05, 0.1) is 29.7 Å². The van der Waals surface area contributed by atoms with Crippen LogP contribution in [0.2, 0.25) is 0 Å². The third-order valence-electron chi connectivity index (χ3n) is 6.25. The highest BCUT2D eigenvalue weighted by molar-refractivity contribution is 5.84. The molecule has 180 valence electrons. The second-order valence-corrected chi connectivity index (χ2v) is 8.81. The number of hydrogen-bond donors (Lipinski definition) is 0. The van der Waals surface area contributed by atoms with Gasteiger partial charge in [0.2, 0.25) is 0 Å². The first-order valence-corrected chi connectivity index (χ1v) is 11.1. The Morgan fingerprint density at radius 1 is 1.26 bits per heavy atom. The molecule has 4 rings (SSSR count). The Morgan fingerprint density at radius 2 is 2.06 bits per heavy atom. The van der Waals surface area contributed by atoms with Crippen molar-refractivity contribution in [3.05, 3.63) is 41.9 Å². The summed E-state index contributed by atoms with van der Waals surface area (Å²) in [5.74, 6) is -0.203. The summed E-state index contributed by atoms with van der Waals surface area (Å²) in [7, 11) is 5.87. The number of hydrogen-bond acceptors (Lipinski definition) is 6.